The van der Waals surface area contributed by atoms with Gasteiger partial charge in [0, 0.05) is 6.42 Å². The van der Waals surface area contributed by atoms with Crippen molar-refractivity contribution in [2.24, 2.45) is 0 Å². The molecular weight excluding hydrogens is 214 g/mol. The third-order valence-electron chi connectivity index (χ3n) is 2.05. The summed E-state index contributed by atoms with van der Waals surface area (Å²) in [5.74, 6) is -1.39. The normalized spacial score (nSPS) is 24.2. The van der Waals surface area contributed by atoms with Crippen molar-refractivity contribution in [3.05, 3.63) is 37.1 Å². The van der Waals surface area contributed by atoms with Crippen LogP contribution in [0.15, 0.2) is 37.1 Å². The second-order valence-corrected chi connectivity index (χ2v) is 3.38. The Balaban J connectivity index is 2.97. The maximum atomic E-state index is 11.4. The monoisotopic (exact) mass is 227 g/mol. The zero-order valence-corrected chi connectivity index (χ0v) is 8.84. The molecule has 6 nitrogen and oxygen atoms in total. The number of carbonyl (C=O) groups excluding carboxylic acids is 1. The van der Waals surface area contributed by atoms with E-state index in [1.807, 2.05) is 0 Å². The second kappa shape index (κ2) is 4.28. The van der Waals surface area contributed by atoms with E-state index in [4.69, 9.17) is 9.68 Å². The first-order valence-corrected chi connectivity index (χ1v) is 4.49. The van der Waals surface area contributed by atoms with Gasteiger partial charge in [0.15, 0.2) is 5.76 Å². The van der Waals surface area contributed by atoms with Crippen molar-refractivity contribution in [2.45, 2.75) is 18.9 Å². The van der Waals surface area contributed by atoms with E-state index < -0.39 is 17.1 Å². The van der Waals surface area contributed by atoms with Crippen LogP contribution in [0.3, 0.4) is 0 Å². The van der Waals surface area contributed by atoms with E-state index in [1.165, 1.54) is 6.92 Å². The van der Waals surface area contributed by atoms with Crippen LogP contribution in [0.4, 0.5) is 0 Å². The fourth-order valence-corrected chi connectivity index (χ4v) is 1.31. The fraction of sp³-hybridized carbons (Fsp3) is 0.300. The third kappa shape index (κ3) is 2.01. The molecule has 1 rings (SSSR count). The standard InChI is InChI=1S/C10H13NO5/c1-4-15-11(16-5-2)7-6-10(3,14)9(13)8(7)12/h4-5,12,14H,1-2,6H2,3H3. The van der Waals surface area contributed by atoms with Gasteiger partial charge in [-0.25, -0.2) is 0 Å². The predicted molar refractivity (Wildman–Crippen MR) is 54.3 cm³/mol. The number of aliphatic hydroxyl groups excluding tert-OH is 1. The molecule has 0 bridgehead atoms. The van der Waals surface area contributed by atoms with E-state index >= 15 is 0 Å². The fourth-order valence-electron chi connectivity index (χ4n) is 1.31. The Morgan fingerprint density at radius 1 is 1.44 bits per heavy atom. The third-order valence-corrected chi connectivity index (χ3v) is 2.05. The van der Waals surface area contributed by atoms with Crippen molar-refractivity contribution in [1.29, 1.82) is 0 Å². The smallest absolute Gasteiger partial charge is 0.230 e. The number of Topliss-reactive ketones (excluding diaryl/α,β-unsaturated/α-hetero) is 1. The SMILES string of the molecule is C=CON(OC=C)C1=C(O)C(=O)C(C)(O)C1. The summed E-state index contributed by atoms with van der Waals surface area (Å²) in [6.07, 6.45) is 1.96. The van der Waals surface area contributed by atoms with Crippen LogP contribution in [0.25, 0.3) is 0 Å². The molecule has 16 heavy (non-hydrogen) atoms. The number of nitrogens with zero attached hydrogens (tertiary/aromatic N) is 1. The van der Waals surface area contributed by atoms with Crippen LogP contribution >= 0.6 is 0 Å². The highest BCUT2D eigenvalue weighted by molar-refractivity contribution is 6.02. The Hall–Kier alpha value is -1.95. The zero-order chi connectivity index (χ0) is 12.3. The number of ketones is 1. The van der Waals surface area contributed by atoms with Gasteiger partial charge in [0.25, 0.3) is 0 Å². The molecule has 0 amide bonds. The average Bonchev–Trinajstić information content (AvgIpc) is 2.42. The zero-order valence-electron chi connectivity index (χ0n) is 8.84. The van der Waals surface area contributed by atoms with Crippen LogP contribution in [0.2, 0.25) is 0 Å². The summed E-state index contributed by atoms with van der Waals surface area (Å²) >= 11 is 0. The number of hydrogen-bond donors (Lipinski definition) is 2. The van der Waals surface area contributed by atoms with E-state index in [-0.39, 0.29) is 12.1 Å². The molecular formula is C10H13NO5. The number of hydrogen-bond acceptors (Lipinski definition) is 6. The van der Waals surface area contributed by atoms with Gasteiger partial charge in [0.1, 0.15) is 23.8 Å². The number of carbonyl (C=O) groups is 1. The molecule has 1 aliphatic carbocycles. The van der Waals surface area contributed by atoms with Gasteiger partial charge < -0.3 is 19.9 Å². The minimum absolute atomic E-state index is 0.00907. The molecule has 0 radical (unpaired) electrons. The highest BCUT2D eigenvalue weighted by Crippen LogP contribution is 2.32. The quantitative estimate of drug-likeness (QED) is 0.537. The Kier molecular flexibility index (Phi) is 3.24. The van der Waals surface area contributed by atoms with Gasteiger partial charge in [-0.3, -0.25) is 4.79 Å². The molecule has 0 saturated carbocycles. The Labute approximate surface area is 92.6 Å². The average molecular weight is 227 g/mol. The van der Waals surface area contributed by atoms with E-state index in [1.54, 1.807) is 0 Å². The van der Waals surface area contributed by atoms with E-state index in [0.29, 0.717) is 0 Å². The van der Waals surface area contributed by atoms with Crippen LogP contribution in [-0.4, -0.2) is 26.8 Å². The summed E-state index contributed by atoms with van der Waals surface area (Å²) in [5.41, 5.74) is -1.65. The molecule has 0 aromatic heterocycles. The Morgan fingerprint density at radius 3 is 2.25 bits per heavy atom. The van der Waals surface area contributed by atoms with Gasteiger partial charge in [-0.1, -0.05) is 13.2 Å². The molecule has 88 valence electrons. The van der Waals surface area contributed by atoms with Crippen molar-refractivity contribution in [2.75, 3.05) is 0 Å². The molecule has 0 aromatic carbocycles. The summed E-state index contributed by atoms with van der Waals surface area (Å²) in [6.45, 7) is 7.90. The summed E-state index contributed by atoms with van der Waals surface area (Å²) in [4.78, 5) is 21.0. The summed E-state index contributed by atoms with van der Waals surface area (Å²) in [6, 6.07) is 0. The van der Waals surface area contributed by atoms with E-state index in [2.05, 4.69) is 13.2 Å². The lowest BCUT2D eigenvalue weighted by atomic mass is 10.0. The minimum Gasteiger partial charge on any atom is -0.503 e. The van der Waals surface area contributed by atoms with Gasteiger partial charge in [0.2, 0.25) is 5.78 Å². The number of hydroxylamine groups is 2. The topological polar surface area (TPSA) is 79.2 Å². The van der Waals surface area contributed by atoms with Crippen molar-refractivity contribution in [3.8, 4) is 0 Å². The summed E-state index contributed by atoms with van der Waals surface area (Å²) in [5, 5.41) is 19.9. The van der Waals surface area contributed by atoms with Gasteiger partial charge >= 0.3 is 0 Å². The van der Waals surface area contributed by atoms with Gasteiger partial charge in [0.05, 0.1) is 0 Å². The molecule has 1 atom stereocenters. The molecule has 0 fully saturated rings. The Morgan fingerprint density at radius 2 is 1.94 bits per heavy atom. The lowest BCUT2D eigenvalue weighted by molar-refractivity contribution is -0.289. The number of aliphatic hydroxyl groups is 2. The predicted octanol–water partition coefficient (Wildman–Crippen LogP) is 0.932. The second-order valence-electron chi connectivity index (χ2n) is 3.38. The van der Waals surface area contributed by atoms with Gasteiger partial charge in [-0.15, -0.1) is 0 Å². The first-order valence-electron chi connectivity index (χ1n) is 4.49. The summed E-state index contributed by atoms with van der Waals surface area (Å²) in [7, 11) is 0. The van der Waals surface area contributed by atoms with Crippen LogP contribution in [0, 0.1) is 0 Å². The minimum atomic E-state index is -1.66. The van der Waals surface area contributed by atoms with Crippen LogP contribution in [0.1, 0.15) is 13.3 Å². The van der Waals surface area contributed by atoms with Crippen LogP contribution < -0.4 is 0 Å². The highest BCUT2D eigenvalue weighted by Gasteiger charge is 2.45. The molecule has 2 N–H and O–H groups in total. The first-order chi connectivity index (χ1) is 7.44. The van der Waals surface area contributed by atoms with E-state index in [0.717, 1.165) is 17.8 Å². The molecule has 1 aliphatic rings. The highest BCUT2D eigenvalue weighted by atomic mass is 16.9. The van der Waals surface area contributed by atoms with Crippen LogP contribution in [-0.2, 0) is 14.5 Å². The molecule has 0 aliphatic heterocycles. The lowest BCUT2D eigenvalue weighted by Gasteiger charge is -2.21. The molecule has 0 aromatic rings. The maximum absolute atomic E-state index is 11.4. The van der Waals surface area contributed by atoms with Crippen LogP contribution in [0.5, 0.6) is 0 Å². The molecule has 6 heteroatoms. The first kappa shape index (κ1) is 12.1. The van der Waals surface area contributed by atoms with E-state index in [9.17, 15) is 15.0 Å². The molecule has 0 saturated heterocycles. The Bertz CT molecular complexity index is 348. The maximum Gasteiger partial charge on any atom is 0.230 e. The van der Waals surface area contributed by atoms with Gasteiger partial charge in [-0.05, 0) is 12.2 Å². The summed E-state index contributed by atoms with van der Waals surface area (Å²) < 4.78 is 0. The van der Waals surface area contributed by atoms with Crippen molar-refractivity contribution in [3.63, 3.8) is 0 Å². The molecule has 1 unspecified atom stereocenters. The molecule has 0 spiro atoms. The lowest BCUT2D eigenvalue weighted by Crippen LogP contribution is -2.31. The molecule has 0 heterocycles. The van der Waals surface area contributed by atoms with Gasteiger partial charge in [-0.2, -0.15) is 0 Å². The number of rotatable bonds is 5. The largest absolute Gasteiger partial charge is 0.503 e. The van der Waals surface area contributed by atoms with Crippen molar-refractivity contribution in [1.82, 2.24) is 5.23 Å². The van der Waals surface area contributed by atoms with Crippen molar-refractivity contribution >= 4 is 5.78 Å². The van der Waals surface area contributed by atoms with Crippen molar-refractivity contribution < 1.29 is 24.7 Å².